The molecule has 1 aliphatic rings. The first-order valence-corrected chi connectivity index (χ1v) is 7.78. The third kappa shape index (κ3) is 3.52. The van der Waals surface area contributed by atoms with Crippen LogP contribution in [0.3, 0.4) is 0 Å². The Labute approximate surface area is 147 Å². The van der Waals surface area contributed by atoms with E-state index in [4.69, 9.17) is 25.8 Å². The highest BCUT2D eigenvalue weighted by molar-refractivity contribution is 9.10. The highest BCUT2D eigenvalue weighted by Crippen LogP contribution is 2.34. The topological polar surface area (TPSA) is 65.1 Å². The van der Waals surface area contributed by atoms with Crippen molar-refractivity contribution in [3.63, 3.8) is 0 Å². The van der Waals surface area contributed by atoms with Crippen molar-refractivity contribution in [2.24, 2.45) is 0 Å². The van der Waals surface area contributed by atoms with Gasteiger partial charge in [0, 0.05) is 10.2 Å². The number of methoxy groups -OCH3 is 2. The van der Waals surface area contributed by atoms with Crippen LogP contribution in [0.25, 0.3) is 0 Å². The van der Waals surface area contributed by atoms with Gasteiger partial charge >= 0.3 is 11.9 Å². The molecule has 0 saturated heterocycles. The van der Waals surface area contributed by atoms with Crippen LogP contribution < -0.4 is 4.90 Å². The van der Waals surface area contributed by atoms with Crippen LogP contribution in [-0.2, 0) is 23.8 Å². The summed E-state index contributed by atoms with van der Waals surface area (Å²) < 4.78 is 15.6. The minimum absolute atomic E-state index is 0.0264. The molecule has 8 heteroatoms. The van der Waals surface area contributed by atoms with Gasteiger partial charge in [0.15, 0.2) is 0 Å². The van der Waals surface area contributed by atoms with E-state index in [2.05, 4.69) is 15.9 Å². The number of carbonyl (C=O) groups is 2. The number of benzene rings is 1. The van der Waals surface area contributed by atoms with Gasteiger partial charge in [-0.15, -0.1) is 0 Å². The Morgan fingerprint density at radius 1 is 1.26 bits per heavy atom. The molecule has 0 atom stereocenters. The lowest BCUT2D eigenvalue weighted by Crippen LogP contribution is -2.38. The number of hydrogen-bond acceptors (Lipinski definition) is 6. The van der Waals surface area contributed by atoms with Crippen LogP contribution in [0.4, 0.5) is 5.69 Å². The van der Waals surface area contributed by atoms with E-state index in [0.29, 0.717) is 15.2 Å². The zero-order valence-electron chi connectivity index (χ0n) is 12.8. The molecular weight excluding hydrogens is 390 g/mol. The number of carbonyl (C=O) groups excluding carboxylic acids is 2. The Kier molecular flexibility index (Phi) is 5.67. The maximum atomic E-state index is 12.2. The summed E-state index contributed by atoms with van der Waals surface area (Å²) in [5, 5.41) is 0.573. The van der Waals surface area contributed by atoms with Gasteiger partial charge in [0.05, 0.1) is 31.4 Å². The van der Waals surface area contributed by atoms with Gasteiger partial charge in [-0.3, -0.25) is 0 Å². The third-order valence-corrected chi connectivity index (χ3v) is 4.70. The summed E-state index contributed by atoms with van der Waals surface area (Å²) in [6.45, 7) is 1.91. The zero-order chi connectivity index (χ0) is 17.1. The molecule has 23 heavy (non-hydrogen) atoms. The predicted molar refractivity (Wildman–Crippen MR) is 88.2 cm³/mol. The average Bonchev–Trinajstić information content (AvgIpc) is 2.57. The number of ether oxygens (including phenoxy) is 3. The zero-order valence-corrected chi connectivity index (χ0v) is 15.2. The number of hydrogen-bond donors (Lipinski definition) is 0. The van der Waals surface area contributed by atoms with Gasteiger partial charge < -0.3 is 19.1 Å². The van der Waals surface area contributed by atoms with Crippen LogP contribution in [0.5, 0.6) is 0 Å². The van der Waals surface area contributed by atoms with Crippen molar-refractivity contribution in [1.29, 1.82) is 0 Å². The van der Waals surface area contributed by atoms with Crippen molar-refractivity contribution >= 4 is 45.2 Å². The molecule has 0 bridgehead atoms. The Morgan fingerprint density at radius 3 is 2.48 bits per heavy atom. The van der Waals surface area contributed by atoms with Crippen molar-refractivity contribution in [2.45, 2.75) is 6.92 Å². The monoisotopic (exact) mass is 403 g/mol. The minimum Gasteiger partial charge on any atom is -0.466 e. The molecule has 1 heterocycles. The molecule has 0 aromatic heterocycles. The summed E-state index contributed by atoms with van der Waals surface area (Å²) in [5.41, 5.74) is 1.65. The summed E-state index contributed by atoms with van der Waals surface area (Å²) in [6, 6.07) is 3.53. The lowest BCUT2D eigenvalue weighted by molar-refractivity contribution is -0.140. The van der Waals surface area contributed by atoms with Gasteiger partial charge in [-0.05, 0) is 40.5 Å². The van der Waals surface area contributed by atoms with Crippen molar-refractivity contribution in [3.05, 3.63) is 38.5 Å². The highest BCUT2D eigenvalue weighted by atomic mass is 79.9. The second-order valence-electron chi connectivity index (χ2n) is 4.77. The van der Waals surface area contributed by atoms with E-state index in [1.54, 1.807) is 17.0 Å². The van der Waals surface area contributed by atoms with Crippen LogP contribution in [-0.4, -0.2) is 39.5 Å². The first-order chi connectivity index (χ1) is 10.9. The molecule has 1 aromatic carbocycles. The van der Waals surface area contributed by atoms with E-state index < -0.39 is 11.9 Å². The number of anilines is 1. The molecule has 0 N–H and O–H groups in total. The second kappa shape index (κ2) is 7.33. The molecular formula is C15H15BrClNO5. The quantitative estimate of drug-likeness (QED) is 0.722. The Morgan fingerprint density at radius 2 is 1.91 bits per heavy atom. The van der Waals surface area contributed by atoms with Crippen LogP contribution in [0, 0.1) is 6.92 Å². The summed E-state index contributed by atoms with van der Waals surface area (Å²) in [6.07, 6.45) is 0. The molecule has 0 amide bonds. The normalized spacial score (nSPS) is 14.7. The van der Waals surface area contributed by atoms with Crippen LogP contribution >= 0.6 is 27.5 Å². The van der Waals surface area contributed by atoms with Crippen molar-refractivity contribution < 1.29 is 23.8 Å². The molecule has 1 aliphatic heterocycles. The molecule has 0 aliphatic carbocycles. The van der Waals surface area contributed by atoms with Crippen LogP contribution in [0.1, 0.15) is 5.56 Å². The number of rotatable bonds is 3. The first kappa shape index (κ1) is 17.8. The van der Waals surface area contributed by atoms with Gasteiger partial charge in [-0.2, -0.15) is 0 Å². The summed E-state index contributed by atoms with van der Waals surface area (Å²) >= 11 is 9.51. The number of aryl methyl sites for hydroxylation is 1. The van der Waals surface area contributed by atoms with Crippen LogP contribution in [0.15, 0.2) is 27.9 Å². The summed E-state index contributed by atoms with van der Waals surface area (Å²) in [7, 11) is 2.49. The van der Waals surface area contributed by atoms with Crippen molar-refractivity contribution in [2.75, 3.05) is 32.5 Å². The summed E-state index contributed by atoms with van der Waals surface area (Å²) in [5.74, 6) is -1.28. The number of nitrogens with zero attached hydrogens (tertiary/aromatic N) is 1. The van der Waals surface area contributed by atoms with Gasteiger partial charge in [-0.1, -0.05) is 11.6 Å². The third-order valence-electron chi connectivity index (χ3n) is 3.34. The Balaban J connectivity index is 2.59. The lowest BCUT2D eigenvalue weighted by atomic mass is 10.1. The van der Waals surface area contributed by atoms with Gasteiger partial charge in [0.25, 0.3) is 0 Å². The molecule has 2 rings (SSSR count). The summed E-state index contributed by atoms with van der Waals surface area (Å²) in [4.78, 5) is 25.7. The lowest BCUT2D eigenvalue weighted by Gasteiger charge is -2.31. The van der Waals surface area contributed by atoms with E-state index in [1.807, 2.05) is 6.92 Å². The average molecular weight is 405 g/mol. The fourth-order valence-corrected chi connectivity index (χ4v) is 2.87. The van der Waals surface area contributed by atoms with Crippen LogP contribution in [0.2, 0.25) is 5.02 Å². The fraction of sp³-hybridized carbons (Fsp3) is 0.333. The SMILES string of the molecule is COC(=O)C1=C(C(=O)OC)N(c2cc(C)c(Cl)c(Br)c2)COC1. The maximum absolute atomic E-state index is 12.2. The smallest absolute Gasteiger partial charge is 0.355 e. The standard InChI is InChI=1S/C15H15BrClNO5/c1-8-4-9(5-11(16)12(8)17)18-7-23-6-10(14(19)21-2)13(18)15(20)22-3/h4-5H,6-7H2,1-3H3. The van der Waals surface area contributed by atoms with E-state index >= 15 is 0 Å². The molecule has 6 nitrogen and oxygen atoms in total. The van der Waals surface area contributed by atoms with E-state index in [9.17, 15) is 9.59 Å². The second-order valence-corrected chi connectivity index (χ2v) is 6.01. The van der Waals surface area contributed by atoms with E-state index in [0.717, 1.165) is 5.56 Å². The molecule has 1 aromatic rings. The largest absolute Gasteiger partial charge is 0.466 e. The maximum Gasteiger partial charge on any atom is 0.355 e. The molecule has 0 radical (unpaired) electrons. The van der Waals surface area contributed by atoms with Gasteiger partial charge in [0.1, 0.15) is 12.4 Å². The number of esters is 2. The fourth-order valence-electron chi connectivity index (χ4n) is 2.21. The first-order valence-electron chi connectivity index (χ1n) is 6.61. The minimum atomic E-state index is -0.641. The Bertz CT molecular complexity index is 665. The molecule has 0 unspecified atom stereocenters. The number of halogens is 2. The van der Waals surface area contributed by atoms with Crippen molar-refractivity contribution in [3.8, 4) is 0 Å². The van der Waals surface area contributed by atoms with Gasteiger partial charge in [-0.25, -0.2) is 9.59 Å². The van der Waals surface area contributed by atoms with E-state index in [1.165, 1.54) is 14.2 Å². The molecule has 0 spiro atoms. The molecule has 0 fully saturated rings. The molecule has 0 saturated carbocycles. The van der Waals surface area contributed by atoms with E-state index in [-0.39, 0.29) is 24.6 Å². The predicted octanol–water partition coefficient (Wildman–Crippen LogP) is 2.81. The molecule has 124 valence electrons. The Hall–Kier alpha value is -1.57. The van der Waals surface area contributed by atoms with Gasteiger partial charge in [0.2, 0.25) is 0 Å². The highest BCUT2D eigenvalue weighted by Gasteiger charge is 2.32. The van der Waals surface area contributed by atoms with Crippen molar-refractivity contribution in [1.82, 2.24) is 0 Å².